The summed E-state index contributed by atoms with van der Waals surface area (Å²) in [6.07, 6.45) is 0. The van der Waals surface area contributed by atoms with E-state index < -0.39 is 0 Å². The molecule has 0 fully saturated rings. The highest BCUT2D eigenvalue weighted by molar-refractivity contribution is 6.12. The van der Waals surface area contributed by atoms with Crippen LogP contribution in [0, 0.1) is 5.92 Å². The van der Waals surface area contributed by atoms with E-state index in [1.807, 2.05) is 48.5 Å². The molecule has 0 aliphatic rings. The van der Waals surface area contributed by atoms with E-state index in [-0.39, 0.29) is 0 Å². The van der Waals surface area contributed by atoms with Gasteiger partial charge in [-0.25, -0.2) is 0 Å². The summed E-state index contributed by atoms with van der Waals surface area (Å²) in [6.45, 7) is 4.89. The highest BCUT2D eigenvalue weighted by atomic mass is 16.5. The summed E-state index contributed by atoms with van der Waals surface area (Å²) in [5.74, 6) is 2.05. The van der Waals surface area contributed by atoms with Crippen LogP contribution < -0.4 is 9.47 Å². The fourth-order valence-corrected chi connectivity index (χ4v) is 2.00. The molecular formula is C18H21NO3. The lowest BCUT2D eigenvalue weighted by molar-refractivity contribution is 0.271. The first-order valence-electron chi connectivity index (χ1n) is 7.23. The second kappa shape index (κ2) is 7.50. The third kappa shape index (κ3) is 4.01. The first kappa shape index (κ1) is 15.9. The van der Waals surface area contributed by atoms with Crippen molar-refractivity contribution in [1.29, 1.82) is 0 Å². The molecule has 22 heavy (non-hydrogen) atoms. The highest BCUT2D eigenvalue weighted by Crippen LogP contribution is 2.18. The molecule has 0 unspecified atom stereocenters. The molecule has 0 saturated carbocycles. The van der Waals surface area contributed by atoms with Gasteiger partial charge in [0.1, 0.15) is 17.2 Å². The zero-order valence-electron chi connectivity index (χ0n) is 13.1. The van der Waals surface area contributed by atoms with E-state index >= 15 is 0 Å². The number of oxime groups is 1. The summed E-state index contributed by atoms with van der Waals surface area (Å²) >= 11 is 0. The molecule has 0 aromatic heterocycles. The van der Waals surface area contributed by atoms with Crippen LogP contribution in [0.3, 0.4) is 0 Å². The van der Waals surface area contributed by atoms with Gasteiger partial charge in [-0.2, -0.15) is 0 Å². The monoisotopic (exact) mass is 299 g/mol. The summed E-state index contributed by atoms with van der Waals surface area (Å²) in [6, 6.07) is 14.9. The Morgan fingerprint density at radius 3 is 1.86 bits per heavy atom. The third-order valence-corrected chi connectivity index (χ3v) is 3.17. The van der Waals surface area contributed by atoms with Gasteiger partial charge in [0.05, 0.1) is 13.7 Å². The predicted molar refractivity (Wildman–Crippen MR) is 87.2 cm³/mol. The molecule has 0 spiro atoms. The van der Waals surface area contributed by atoms with Gasteiger partial charge in [0, 0.05) is 11.1 Å². The largest absolute Gasteiger partial charge is 0.497 e. The molecule has 0 heterocycles. The number of rotatable bonds is 6. The van der Waals surface area contributed by atoms with Crippen molar-refractivity contribution >= 4 is 5.71 Å². The van der Waals surface area contributed by atoms with Gasteiger partial charge in [0.25, 0.3) is 0 Å². The minimum absolute atomic E-state index is 0.480. The SMILES string of the molecule is COc1ccc(C(=NO)c2ccc(OCC(C)C)cc2)cc1. The lowest BCUT2D eigenvalue weighted by Crippen LogP contribution is -2.06. The second-order valence-electron chi connectivity index (χ2n) is 5.41. The molecule has 0 radical (unpaired) electrons. The molecule has 4 nitrogen and oxygen atoms in total. The van der Waals surface area contributed by atoms with Crippen LogP contribution >= 0.6 is 0 Å². The smallest absolute Gasteiger partial charge is 0.119 e. The Balaban J connectivity index is 2.17. The molecular weight excluding hydrogens is 278 g/mol. The number of hydrogen-bond acceptors (Lipinski definition) is 4. The van der Waals surface area contributed by atoms with Crippen LogP contribution in [0.1, 0.15) is 25.0 Å². The summed E-state index contributed by atoms with van der Waals surface area (Å²) < 4.78 is 10.8. The van der Waals surface area contributed by atoms with Crippen LogP contribution in [0.25, 0.3) is 0 Å². The van der Waals surface area contributed by atoms with E-state index in [1.54, 1.807) is 7.11 Å². The van der Waals surface area contributed by atoms with Crippen molar-refractivity contribution in [3.63, 3.8) is 0 Å². The summed E-state index contributed by atoms with van der Waals surface area (Å²) in [7, 11) is 1.62. The van der Waals surface area contributed by atoms with Crippen LogP contribution in [0.5, 0.6) is 11.5 Å². The van der Waals surface area contributed by atoms with Crippen molar-refractivity contribution in [3.05, 3.63) is 59.7 Å². The van der Waals surface area contributed by atoms with Crippen LogP contribution in [0.4, 0.5) is 0 Å². The van der Waals surface area contributed by atoms with E-state index in [0.29, 0.717) is 18.2 Å². The van der Waals surface area contributed by atoms with Crippen molar-refractivity contribution in [2.75, 3.05) is 13.7 Å². The minimum Gasteiger partial charge on any atom is -0.497 e. The summed E-state index contributed by atoms with van der Waals surface area (Å²) in [4.78, 5) is 0. The quantitative estimate of drug-likeness (QED) is 0.499. The molecule has 2 aromatic rings. The Hall–Kier alpha value is -2.49. The molecule has 0 bridgehead atoms. The van der Waals surface area contributed by atoms with E-state index in [4.69, 9.17) is 9.47 Å². The van der Waals surface area contributed by atoms with Gasteiger partial charge >= 0.3 is 0 Å². The Morgan fingerprint density at radius 1 is 0.955 bits per heavy atom. The normalized spacial score (nSPS) is 11.5. The van der Waals surface area contributed by atoms with Gasteiger partial charge in [-0.05, 0) is 54.4 Å². The Labute approximate surface area is 131 Å². The number of nitrogens with zero attached hydrogens (tertiary/aromatic N) is 1. The Morgan fingerprint density at radius 2 is 1.45 bits per heavy atom. The number of methoxy groups -OCH3 is 1. The van der Waals surface area contributed by atoms with Crippen LogP contribution in [0.2, 0.25) is 0 Å². The molecule has 0 saturated heterocycles. The van der Waals surface area contributed by atoms with Crippen molar-refractivity contribution in [3.8, 4) is 11.5 Å². The molecule has 0 atom stereocenters. The highest BCUT2D eigenvalue weighted by Gasteiger charge is 2.08. The fourth-order valence-electron chi connectivity index (χ4n) is 2.00. The second-order valence-corrected chi connectivity index (χ2v) is 5.41. The minimum atomic E-state index is 0.480. The van der Waals surface area contributed by atoms with Crippen LogP contribution in [0.15, 0.2) is 53.7 Å². The van der Waals surface area contributed by atoms with Gasteiger partial charge in [-0.3, -0.25) is 0 Å². The maximum Gasteiger partial charge on any atom is 0.119 e. The lowest BCUT2D eigenvalue weighted by Gasteiger charge is -2.10. The maximum atomic E-state index is 9.33. The number of hydrogen-bond donors (Lipinski definition) is 1. The molecule has 1 N–H and O–H groups in total. The van der Waals surface area contributed by atoms with E-state index in [2.05, 4.69) is 19.0 Å². The molecule has 116 valence electrons. The third-order valence-electron chi connectivity index (χ3n) is 3.17. The first-order valence-corrected chi connectivity index (χ1v) is 7.23. The van der Waals surface area contributed by atoms with Gasteiger partial charge in [-0.1, -0.05) is 19.0 Å². The number of benzene rings is 2. The van der Waals surface area contributed by atoms with Gasteiger partial charge in [0.15, 0.2) is 0 Å². The van der Waals surface area contributed by atoms with Crippen molar-refractivity contribution in [1.82, 2.24) is 0 Å². The van der Waals surface area contributed by atoms with Crippen LogP contribution in [-0.4, -0.2) is 24.6 Å². The average Bonchev–Trinajstić information content (AvgIpc) is 2.55. The lowest BCUT2D eigenvalue weighted by atomic mass is 10.0. The maximum absolute atomic E-state index is 9.33. The summed E-state index contributed by atoms with van der Waals surface area (Å²) in [5.41, 5.74) is 2.15. The van der Waals surface area contributed by atoms with Crippen molar-refractivity contribution in [2.24, 2.45) is 11.1 Å². The molecule has 0 aliphatic carbocycles. The van der Waals surface area contributed by atoms with Crippen molar-refractivity contribution in [2.45, 2.75) is 13.8 Å². The fraction of sp³-hybridized carbons (Fsp3) is 0.278. The molecule has 0 amide bonds. The van der Waals surface area contributed by atoms with Gasteiger partial charge < -0.3 is 14.7 Å². The molecule has 2 aromatic carbocycles. The summed E-state index contributed by atoms with van der Waals surface area (Å²) in [5, 5.41) is 12.8. The van der Waals surface area contributed by atoms with Gasteiger partial charge in [-0.15, -0.1) is 0 Å². The Bertz CT molecular complexity index is 616. The molecule has 2 rings (SSSR count). The van der Waals surface area contributed by atoms with E-state index in [0.717, 1.165) is 22.6 Å². The van der Waals surface area contributed by atoms with Crippen molar-refractivity contribution < 1.29 is 14.7 Å². The zero-order chi connectivity index (χ0) is 15.9. The Kier molecular flexibility index (Phi) is 5.42. The van der Waals surface area contributed by atoms with Gasteiger partial charge in [0.2, 0.25) is 0 Å². The predicted octanol–water partition coefficient (Wildman–Crippen LogP) is 3.96. The molecule has 0 aliphatic heterocycles. The average molecular weight is 299 g/mol. The van der Waals surface area contributed by atoms with E-state index in [1.165, 1.54) is 0 Å². The number of ether oxygens (including phenoxy) is 2. The standard InChI is InChI=1S/C18H21NO3/c1-13(2)12-22-17-10-6-15(7-11-17)18(19-20)14-4-8-16(21-3)9-5-14/h4-11,13,20H,12H2,1-3H3. The molecule has 4 heteroatoms. The van der Waals surface area contributed by atoms with Crippen LogP contribution in [-0.2, 0) is 0 Å². The topological polar surface area (TPSA) is 51.0 Å². The van der Waals surface area contributed by atoms with E-state index in [9.17, 15) is 5.21 Å². The zero-order valence-corrected chi connectivity index (χ0v) is 13.1. The first-order chi connectivity index (χ1) is 10.6.